The molecule has 0 saturated carbocycles. The van der Waals surface area contributed by atoms with Crippen LogP contribution in [0.4, 0.5) is 10.1 Å². The molecule has 0 aliphatic carbocycles. The zero-order valence-corrected chi connectivity index (χ0v) is 13.7. The Morgan fingerprint density at radius 2 is 1.76 bits per heavy atom. The Morgan fingerprint density at radius 1 is 1.04 bits per heavy atom. The van der Waals surface area contributed by atoms with Crippen molar-refractivity contribution in [3.05, 3.63) is 71.6 Å². The van der Waals surface area contributed by atoms with Gasteiger partial charge in [-0.05, 0) is 54.8 Å². The van der Waals surface area contributed by atoms with Crippen molar-refractivity contribution in [2.75, 3.05) is 18.4 Å². The van der Waals surface area contributed by atoms with Gasteiger partial charge in [-0.15, -0.1) is 0 Å². The quantitative estimate of drug-likeness (QED) is 0.864. The topological polar surface area (TPSA) is 49.4 Å². The average Bonchev–Trinajstić information content (AvgIpc) is 3.15. The van der Waals surface area contributed by atoms with Gasteiger partial charge < -0.3 is 10.2 Å². The standard InChI is InChI=1S/C20H19FN2O2/c21-17-9-6-15(7-10-17)8-11-19(24)22-18-5-3-4-16(14-18)20(25)23-12-1-2-13-23/h3-11,14H,1-2,12-13H2,(H,22,24)/b11-8+. The SMILES string of the molecule is O=C(/C=C/c1ccc(F)cc1)Nc1cccc(C(=O)N2CCCC2)c1. The number of hydrogen-bond acceptors (Lipinski definition) is 2. The number of hydrogen-bond donors (Lipinski definition) is 1. The van der Waals surface area contributed by atoms with Gasteiger partial charge in [-0.25, -0.2) is 4.39 Å². The van der Waals surface area contributed by atoms with Crippen molar-refractivity contribution in [1.82, 2.24) is 4.90 Å². The molecule has 0 aromatic heterocycles. The van der Waals surface area contributed by atoms with Crippen LogP contribution in [0, 0.1) is 5.82 Å². The summed E-state index contributed by atoms with van der Waals surface area (Å²) in [5.74, 6) is -0.633. The van der Waals surface area contributed by atoms with E-state index < -0.39 is 0 Å². The van der Waals surface area contributed by atoms with E-state index in [1.54, 1.807) is 42.5 Å². The fourth-order valence-corrected chi connectivity index (χ4v) is 2.76. The summed E-state index contributed by atoms with van der Waals surface area (Å²) in [5, 5.41) is 2.74. The summed E-state index contributed by atoms with van der Waals surface area (Å²) >= 11 is 0. The number of likely N-dealkylation sites (tertiary alicyclic amines) is 1. The molecule has 3 rings (SSSR count). The number of halogens is 1. The minimum absolute atomic E-state index is 0.00421. The third-order valence-electron chi connectivity index (χ3n) is 4.07. The van der Waals surface area contributed by atoms with Crippen LogP contribution in [0.25, 0.3) is 6.08 Å². The molecule has 0 unspecified atom stereocenters. The van der Waals surface area contributed by atoms with Crippen molar-refractivity contribution in [3.63, 3.8) is 0 Å². The van der Waals surface area contributed by atoms with Crippen molar-refractivity contribution < 1.29 is 14.0 Å². The third-order valence-corrected chi connectivity index (χ3v) is 4.07. The smallest absolute Gasteiger partial charge is 0.253 e. The molecule has 128 valence electrons. The maximum Gasteiger partial charge on any atom is 0.253 e. The van der Waals surface area contributed by atoms with E-state index in [-0.39, 0.29) is 17.6 Å². The van der Waals surface area contributed by atoms with Crippen molar-refractivity contribution >= 4 is 23.6 Å². The first kappa shape index (κ1) is 16.9. The second-order valence-electron chi connectivity index (χ2n) is 5.95. The molecule has 1 fully saturated rings. The summed E-state index contributed by atoms with van der Waals surface area (Å²) in [7, 11) is 0. The summed E-state index contributed by atoms with van der Waals surface area (Å²) in [5.41, 5.74) is 1.87. The summed E-state index contributed by atoms with van der Waals surface area (Å²) in [6, 6.07) is 12.8. The van der Waals surface area contributed by atoms with Gasteiger partial charge in [0.2, 0.25) is 5.91 Å². The molecule has 2 aromatic carbocycles. The van der Waals surface area contributed by atoms with Crippen molar-refractivity contribution in [1.29, 1.82) is 0 Å². The van der Waals surface area contributed by atoms with E-state index in [4.69, 9.17) is 0 Å². The highest BCUT2D eigenvalue weighted by molar-refractivity contribution is 6.03. The second kappa shape index (κ2) is 7.75. The molecule has 0 radical (unpaired) electrons. The Hall–Kier alpha value is -2.95. The molecule has 2 aromatic rings. The predicted molar refractivity (Wildman–Crippen MR) is 95.6 cm³/mol. The molecular weight excluding hydrogens is 319 g/mol. The highest BCUT2D eigenvalue weighted by Gasteiger charge is 2.19. The Kier molecular flexibility index (Phi) is 5.23. The van der Waals surface area contributed by atoms with E-state index in [0.717, 1.165) is 31.5 Å². The lowest BCUT2D eigenvalue weighted by Crippen LogP contribution is -2.27. The van der Waals surface area contributed by atoms with Crippen LogP contribution >= 0.6 is 0 Å². The van der Waals surface area contributed by atoms with E-state index in [1.807, 2.05) is 4.90 Å². The van der Waals surface area contributed by atoms with Crippen LogP contribution in [0.15, 0.2) is 54.6 Å². The van der Waals surface area contributed by atoms with Gasteiger partial charge in [-0.1, -0.05) is 18.2 Å². The summed E-state index contributed by atoms with van der Waals surface area (Å²) in [6.07, 6.45) is 5.06. The van der Waals surface area contributed by atoms with Gasteiger partial charge in [0.1, 0.15) is 5.82 Å². The van der Waals surface area contributed by atoms with Crippen LogP contribution < -0.4 is 5.32 Å². The lowest BCUT2D eigenvalue weighted by Gasteiger charge is -2.15. The van der Waals surface area contributed by atoms with Crippen molar-refractivity contribution in [2.24, 2.45) is 0 Å². The molecule has 4 nitrogen and oxygen atoms in total. The predicted octanol–water partition coefficient (Wildman–Crippen LogP) is 3.71. The molecule has 25 heavy (non-hydrogen) atoms. The number of anilines is 1. The van der Waals surface area contributed by atoms with Gasteiger partial charge in [0, 0.05) is 30.4 Å². The van der Waals surface area contributed by atoms with E-state index in [1.165, 1.54) is 18.2 Å². The van der Waals surface area contributed by atoms with E-state index >= 15 is 0 Å². The van der Waals surface area contributed by atoms with Crippen LogP contribution in [-0.4, -0.2) is 29.8 Å². The van der Waals surface area contributed by atoms with Crippen molar-refractivity contribution in [3.8, 4) is 0 Å². The van der Waals surface area contributed by atoms with Crippen LogP contribution in [0.1, 0.15) is 28.8 Å². The van der Waals surface area contributed by atoms with Crippen LogP contribution in [0.3, 0.4) is 0 Å². The molecule has 2 amide bonds. The van der Waals surface area contributed by atoms with Crippen LogP contribution in [0.2, 0.25) is 0 Å². The molecule has 5 heteroatoms. The zero-order chi connectivity index (χ0) is 17.6. The number of carbonyl (C=O) groups excluding carboxylic acids is 2. The van der Waals surface area contributed by atoms with E-state index in [9.17, 15) is 14.0 Å². The zero-order valence-electron chi connectivity index (χ0n) is 13.7. The normalized spacial score (nSPS) is 14.0. The van der Waals surface area contributed by atoms with Gasteiger partial charge in [-0.2, -0.15) is 0 Å². The van der Waals surface area contributed by atoms with Crippen LogP contribution in [-0.2, 0) is 4.79 Å². The second-order valence-corrected chi connectivity index (χ2v) is 5.95. The average molecular weight is 338 g/mol. The number of amides is 2. The number of nitrogens with one attached hydrogen (secondary N) is 1. The number of nitrogens with zero attached hydrogens (tertiary/aromatic N) is 1. The molecule has 1 saturated heterocycles. The van der Waals surface area contributed by atoms with E-state index in [0.29, 0.717) is 11.3 Å². The van der Waals surface area contributed by atoms with Crippen molar-refractivity contribution in [2.45, 2.75) is 12.8 Å². The Labute approximate surface area is 146 Å². The maximum atomic E-state index is 12.9. The summed E-state index contributed by atoms with van der Waals surface area (Å²) < 4.78 is 12.9. The van der Waals surface area contributed by atoms with Gasteiger partial charge >= 0.3 is 0 Å². The molecule has 1 aliphatic heterocycles. The Balaban J connectivity index is 1.64. The Morgan fingerprint density at radius 3 is 2.48 bits per heavy atom. The van der Waals surface area contributed by atoms with Gasteiger partial charge in [0.25, 0.3) is 5.91 Å². The first-order valence-electron chi connectivity index (χ1n) is 8.26. The number of rotatable bonds is 4. The minimum atomic E-state index is -0.318. The highest BCUT2D eigenvalue weighted by atomic mass is 19.1. The molecule has 0 atom stereocenters. The highest BCUT2D eigenvalue weighted by Crippen LogP contribution is 2.16. The van der Waals surface area contributed by atoms with Gasteiger partial charge in [-0.3, -0.25) is 9.59 Å². The summed E-state index contributed by atoms with van der Waals surface area (Å²) in [6.45, 7) is 1.58. The third kappa shape index (κ3) is 4.53. The first-order valence-corrected chi connectivity index (χ1v) is 8.26. The van der Waals surface area contributed by atoms with Crippen LogP contribution in [0.5, 0.6) is 0 Å². The lowest BCUT2D eigenvalue weighted by molar-refractivity contribution is -0.111. The number of benzene rings is 2. The minimum Gasteiger partial charge on any atom is -0.339 e. The molecule has 1 N–H and O–H groups in total. The monoisotopic (exact) mass is 338 g/mol. The van der Waals surface area contributed by atoms with Gasteiger partial charge in [0.05, 0.1) is 0 Å². The molecule has 1 heterocycles. The first-order chi connectivity index (χ1) is 12.1. The molecular formula is C20H19FN2O2. The van der Waals surface area contributed by atoms with E-state index in [2.05, 4.69) is 5.32 Å². The fraction of sp³-hybridized carbons (Fsp3) is 0.200. The Bertz CT molecular complexity index is 794. The summed E-state index contributed by atoms with van der Waals surface area (Å²) in [4.78, 5) is 26.2. The molecule has 0 bridgehead atoms. The molecule has 0 spiro atoms. The fourth-order valence-electron chi connectivity index (χ4n) is 2.76. The number of carbonyl (C=O) groups is 2. The largest absolute Gasteiger partial charge is 0.339 e. The van der Waals surface area contributed by atoms with Gasteiger partial charge in [0.15, 0.2) is 0 Å². The maximum absolute atomic E-state index is 12.9. The lowest BCUT2D eigenvalue weighted by atomic mass is 10.1. The molecule has 1 aliphatic rings.